The van der Waals surface area contributed by atoms with Crippen molar-refractivity contribution >= 4 is 23.6 Å². The van der Waals surface area contributed by atoms with Crippen LogP contribution in [0.5, 0.6) is 0 Å². The summed E-state index contributed by atoms with van der Waals surface area (Å²) in [5, 5.41) is 10.3. The number of nitrogens with one attached hydrogen (secondary N) is 3. The molecule has 1 atom stereocenters. The molecule has 0 spiro atoms. The normalized spacial score (nSPS) is 17.4. The Morgan fingerprint density at radius 2 is 2.00 bits per heavy atom. The molecule has 1 aliphatic heterocycles. The molecule has 202 valence electrons. The lowest BCUT2D eigenvalue weighted by Crippen LogP contribution is -2.30. The first kappa shape index (κ1) is 28.9. The fourth-order valence-electron chi connectivity index (χ4n) is 4.79. The zero-order valence-electron chi connectivity index (χ0n) is 23.2. The Bertz CT molecular complexity index is 1150. The second-order valence-electron chi connectivity index (χ2n) is 10.4. The predicted molar refractivity (Wildman–Crippen MR) is 160 cm³/mol. The Kier molecular flexibility index (Phi) is 10.8. The number of hydrazone groups is 1. The van der Waals surface area contributed by atoms with Gasteiger partial charge in [-0.1, -0.05) is 44.7 Å². The molecule has 1 amide bonds. The summed E-state index contributed by atoms with van der Waals surface area (Å²) in [6, 6.07) is 11.8. The molecule has 1 saturated heterocycles. The number of pyridine rings is 1. The summed E-state index contributed by atoms with van der Waals surface area (Å²) in [6.45, 7) is 13.1. The number of anilines is 2. The number of likely N-dealkylation sites (tertiary alicyclic amines) is 1. The zero-order chi connectivity index (χ0) is 27.4. The summed E-state index contributed by atoms with van der Waals surface area (Å²) < 4.78 is 0. The van der Waals surface area contributed by atoms with Crippen LogP contribution in [0.15, 0.2) is 84.3 Å². The number of hydrogen-bond acceptors (Lipinski definition) is 6. The largest absolute Gasteiger partial charge is 0.366 e. The number of carbonyl (C=O) groups is 1. The number of allylic oxidation sites excluding steroid dienone is 3. The van der Waals surface area contributed by atoms with Crippen LogP contribution >= 0.6 is 0 Å². The highest BCUT2D eigenvalue weighted by Gasteiger charge is 2.32. The van der Waals surface area contributed by atoms with Gasteiger partial charge in [-0.2, -0.15) is 5.10 Å². The van der Waals surface area contributed by atoms with Crippen molar-refractivity contribution < 1.29 is 4.79 Å². The second kappa shape index (κ2) is 14.3. The van der Waals surface area contributed by atoms with Crippen molar-refractivity contribution in [1.82, 2.24) is 15.3 Å². The van der Waals surface area contributed by atoms with E-state index in [1.54, 1.807) is 36.8 Å². The Balaban J connectivity index is 1.57. The summed E-state index contributed by atoms with van der Waals surface area (Å²) in [7, 11) is 2.21. The molecular formula is C31H42N6O. The van der Waals surface area contributed by atoms with Gasteiger partial charge in [0.05, 0.1) is 11.8 Å². The number of aromatic nitrogens is 1. The summed E-state index contributed by atoms with van der Waals surface area (Å²) in [4.78, 5) is 19.9. The lowest BCUT2D eigenvalue weighted by Gasteiger charge is -2.34. The van der Waals surface area contributed by atoms with Gasteiger partial charge in [-0.3, -0.25) is 10.2 Å². The lowest BCUT2D eigenvalue weighted by molar-refractivity contribution is 0.102. The average Bonchev–Trinajstić information content (AvgIpc) is 3.13. The second-order valence-corrected chi connectivity index (χ2v) is 10.4. The number of nitrogens with zero attached hydrogens (tertiary/aromatic N) is 3. The van der Waals surface area contributed by atoms with Crippen molar-refractivity contribution in [2.75, 3.05) is 37.3 Å². The molecular weight excluding hydrogens is 472 g/mol. The number of hydrogen-bond donors (Lipinski definition) is 3. The van der Waals surface area contributed by atoms with Crippen LogP contribution in [0.25, 0.3) is 0 Å². The molecule has 0 aliphatic carbocycles. The van der Waals surface area contributed by atoms with Gasteiger partial charge in [0.1, 0.15) is 5.82 Å². The van der Waals surface area contributed by atoms with Crippen LogP contribution in [0, 0.1) is 5.92 Å². The van der Waals surface area contributed by atoms with Gasteiger partial charge in [-0.05, 0) is 99.1 Å². The van der Waals surface area contributed by atoms with E-state index in [4.69, 9.17) is 0 Å². The Labute approximate surface area is 227 Å². The van der Waals surface area contributed by atoms with Crippen LogP contribution < -0.4 is 16.1 Å². The van der Waals surface area contributed by atoms with Gasteiger partial charge in [0, 0.05) is 24.6 Å². The minimum atomic E-state index is -0.199. The van der Waals surface area contributed by atoms with Crippen molar-refractivity contribution in [2.24, 2.45) is 11.0 Å². The van der Waals surface area contributed by atoms with Crippen molar-refractivity contribution in [3.8, 4) is 0 Å². The highest BCUT2D eigenvalue weighted by Crippen LogP contribution is 2.38. The summed E-state index contributed by atoms with van der Waals surface area (Å²) in [5.41, 5.74) is 6.50. The molecule has 2 aromatic rings. The minimum absolute atomic E-state index is 0.0863. The third-order valence-corrected chi connectivity index (χ3v) is 7.21. The molecule has 0 radical (unpaired) electrons. The van der Waals surface area contributed by atoms with Crippen LogP contribution in [0.1, 0.15) is 56.0 Å². The van der Waals surface area contributed by atoms with Gasteiger partial charge >= 0.3 is 0 Å². The smallest absolute Gasteiger partial charge is 0.259 e. The van der Waals surface area contributed by atoms with E-state index in [-0.39, 0.29) is 11.3 Å². The van der Waals surface area contributed by atoms with Crippen molar-refractivity contribution in [2.45, 2.75) is 45.4 Å². The number of benzene rings is 1. The van der Waals surface area contributed by atoms with Gasteiger partial charge in [0.15, 0.2) is 0 Å². The molecule has 0 saturated carbocycles. The first-order chi connectivity index (χ1) is 18.3. The highest BCUT2D eigenvalue weighted by molar-refractivity contribution is 6.07. The van der Waals surface area contributed by atoms with E-state index >= 15 is 0 Å². The molecule has 0 bridgehead atoms. The summed E-state index contributed by atoms with van der Waals surface area (Å²) in [6.07, 6.45) is 14.3. The molecule has 2 heterocycles. The minimum Gasteiger partial charge on any atom is -0.366 e. The molecule has 7 heteroatoms. The molecule has 1 aromatic heterocycles. The van der Waals surface area contributed by atoms with Crippen LogP contribution in [0.4, 0.5) is 11.5 Å². The monoisotopic (exact) mass is 514 g/mol. The highest BCUT2D eigenvalue weighted by atomic mass is 16.1. The first-order valence-electron chi connectivity index (χ1n) is 13.3. The molecule has 1 aliphatic rings. The van der Waals surface area contributed by atoms with Crippen LogP contribution in [0.2, 0.25) is 0 Å². The molecule has 1 aromatic carbocycles. The molecule has 7 nitrogen and oxygen atoms in total. The quantitative estimate of drug-likeness (QED) is 0.195. The number of carbonyl (C=O) groups excluding carboxylic acids is 1. The number of rotatable bonds is 11. The van der Waals surface area contributed by atoms with Crippen LogP contribution in [0.3, 0.4) is 0 Å². The summed E-state index contributed by atoms with van der Waals surface area (Å²) in [5.74, 6) is 0.973. The van der Waals surface area contributed by atoms with Gasteiger partial charge in [-0.25, -0.2) is 4.98 Å². The average molecular weight is 515 g/mol. The predicted octanol–water partition coefficient (Wildman–Crippen LogP) is 5.98. The van der Waals surface area contributed by atoms with Crippen molar-refractivity contribution in [1.29, 1.82) is 0 Å². The van der Waals surface area contributed by atoms with E-state index in [9.17, 15) is 4.79 Å². The van der Waals surface area contributed by atoms with E-state index in [2.05, 4.69) is 70.7 Å². The Morgan fingerprint density at radius 3 is 2.76 bits per heavy atom. The van der Waals surface area contributed by atoms with E-state index in [0.717, 1.165) is 17.8 Å². The third kappa shape index (κ3) is 8.42. The van der Waals surface area contributed by atoms with E-state index in [0.29, 0.717) is 23.8 Å². The maximum atomic E-state index is 13.1. The van der Waals surface area contributed by atoms with E-state index in [1.807, 2.05) is 31.2 Å². The van der Waals surface area contributed by atoms with Gasteiger partial charge in [0.2, 0.25) is 0 Å². The van der Waals surface area contributed by atoms with E-state index in [1.165, 1.54) is 31.4 Å². The van der Waals surface area contributed by atoms with Crippen molar-refractivity contribution in [3.05, 3.63) is 90.3 Å². The topological polar surface area (TPSA) is 81.6 Å². The lowest BCUT2D eigenvalue weighted by atomic mass is 9.70. The van der Waals surface area contributed by atoms with Crippen LogP contribution in [-0.2, 0) is 5.41 Å². The van der Waals surface area contributed by atoms with Gasteiger partial charge in [-0.15, -0.1) is 0 Å². The summed E-state index contributed by atoms with van der Waals surface area (Å²) >= 11 is 0. The standard InChI is InChI=1S/C31H42N6O/c1-6-10-24(2)23-35-34-20-9-19-33-29-28(12-7-18-32-29)30(38)36-27-15-13-26(14-16-27)31(3,4)25-11-8-21-37(5)22-17-25/h6-7,9-10,12-16,18,20,23,25,34H,1,8,11,17,19,21-22H2,2-5H3,(H,32,33)(H,36,38)/b20-9+,24-10+,35-23-. The Morgan fingerprint density at radius 1 is 1.21 bits per heavy atom. The maximum absolute atomic E-state index is 13.1. The third-order valence-electron chi connectivity index (χ3n) is 7.21. The maximum Gasteiger partial charge on any atom is 0.259 e. The molecule has 3 rings (SSSR count). The molecule has 3 N–H and O–H groups in total. The fraction of sp³-hybridized carbons (Fsp3) is 0.387. The van der Waals surface area contributed by atoms with E-state index < -0.39 is 0 Å². The molecule has 1 fully saturated rings. The van der Waals surface area contributed by atoms with Crippen molar-refractivity contribution in [3.63, 3.8) is 0 Å². The number of amides is 1. The fourth-order valence-corrected chi connectivity index (χ4v) is 4.79. The molecule has 1 unspecified atom stereocenters. The van der Waals surface area contributed by atoms with Gasteiger partial charge < -0.3 is 15.5 Å². The van der Waals surface area contributed by atoms with Crippen LogP contribution in [-0.4, -0.2) is 48.7 Å². The molecule has 38 heavy (non-hydrogen) atoms. The zero-order valence-corrected chi connectivity index (χ0v) is 23.2. The van der Waals surface area contributed by atoms with Gasteiger partial charge in [0.25, 0.3) is 5.91 Å². The SMILES string of the molecule is C=C/C=C(C)/C=N\N/C=C/CNc1ncccc1C(=O)Nc1ccc(C(C)(C)C2CCCN(C)CC2)cc1. The first-order valence-corrected chi connectivity index (χ1v) is 13.3. The Hall–Kier alpha value is -3.71.